The fourth-order valence-corrected chi connectivity index (χ4v) is 5.60. The number of carboxylic acids is 1. The van der Waals surface area contributed by atoms with E-state index in [2.05, 4.69) is 46.6 Å². The number of rotatable bonds is 12. The number of ether oxygens (including phenoxy) is 1. The minimum atomic E-state index is -1.14. The number of aliphatic carboxylic acids is 1. The van der Waals surface area contributed by atoms with Crippen molar-refractivity contribution in [3.63, 3.8) is 0 Å². The van der Waals surface area contributed by atoms with E-state index in [1.165, 1.54) is 10.5 Å². The maximum Gasteiger partial charge on any atom is 0.323 e. The van der Waals surface area contributed by atoms with Crippen LogP contribution in [0, 0.1) is 13.8 Å². The molecule has 0 saturated heterocycles. The molecule has 0 atom stereocenters. The first-order valence-corrected chi connectivity index (χ1v) is 16.3. The van der Waals surface area contributed by atoms with E-state index in [1.807, 2.05) is 49.4 Å². The minimum Gasteiger partial charge on any atom is -0.497 e. The zero-order valence-electron chi connectivity index (χ0n) is 28.4. The standard InChI is InChI=1S/C41H36N4O6/c1-26-4-8-29(9-5-26)30-12-14-32(15-13-30)40-43-39(44-51-40)31-10-6-28(7-11-31)24-45(25-38(47)48)41(49)33-16-19-35(20-17-33)42-37(46)23-34-18-21-36(50-3)22-27(34)2/h4-22H,23-25H2,1-3H3,(H,42,46)(H,47,48). The zero-order valence-corrected chi connectivity index (χ0v) is 28.4. The lowest BCUT2D eigenvalue weighted by Crippen LogP contribution is -2.35. The Morgan fingerprint density at radius 1 is 0.784 bits per heavy atom. The molecule has 1 heterocycles. The van der Waals surface area contributed by atoms with Crippen LogP contribution in [0.5, 0.6) is 5.75 Å². The van der Waals surface area contributed by atoms with E-state index in [4.69, 9.17) is 9.26 Å². The van der Waals surface area contributed by atoms with Crippen LogP contribution in [0.4, 0.5) is 5.69 Å². The molecule has 5 aromatic carbocycles. The molecule has 0 bridgehead atoms. The highest BCUT2D eigenvalue weighted by atomic mass is 16.5. The molecule has 0 aliphatic heterocycles. The van der Waals surface area contributed by atoms with Gasteiger partial charge in [0.25, 0.3) is 11.8 Å². The fraction of sp³-hybridized carbons (Fsp3) is 0.146. The number of carbonyl (C=O) groups excluding carboxylic acids is 2. The molecule has 0 radical (unpaired) electrons. The van der Waals surface area contributed by atoms with Gasteiger partial charge in [-0.15, -0.1) is 0 Å². The van der Waals surface area contributed by atoms with Gasteiger partial charge < -0.3 is 24.6 Å². The third kappa shape index (κ3) is 8.55. The van der Waals surface area contributed by atoms with Crippen LogP contribution in [0.15, 0.2) is 120 Å². The summed E-state index contributed by atoms with van der Waals surface area (Å²) >= 11 is 0. The molecule has 6 rings (SSSR count). The van der Waals surface area contributed by atoms with Gasteiger partial charge in [-0.05, 0) is 90.2 Å². The monoisotopic (exact) mass is 680 g/mol. The highest BCUT2D eigenvalue weighted by Crippen LogP contribution is 2.27. The van der Waals surface area contributed by atoms with Gasteiger partial charge in [0.15, 0.2) is 0 Å². The second-order valence-electron chi connectivity index (χ2n) is 12.2. The zero-order chi connectivity index (χ0) is 35.9. The Labute approximate surface area is 295 Å². The van der Waals surface area contributed by atoms with Crippen LogP contribution >= 0.6 is 0 Å². The minimum absolute atomic E-state index is 0.0654. The first kappa shape index (κ1) is 34.3. The van der Waals surface area contributed by atoms with Gasteiger partial charge in [-0.3, -0.25) is 14.4 Å². The van der Waals surface area contributed by atoms with Gasteiger partial charge in [0.2, 0.25) is 11.7 Å². The second kappa shape index (κ2) is 15.3. The Kier molecular flexibility index (Phi) is 10.3. The quantitative estimate of drug-likeness (QED) is 0.135. The van der Waals surface area contributed by atoms with Crippen molar-refractivity contribution in [3.8, 4) is 39.7 Å². The number of hydrogen-bond donors (Lipinski definition) is 2. The topological polar surface area (TPSA) is 135 Å². The van der Waals surface area contributed by atoms with Gasteiger partial charge in [0, 0.05) is 28.9 Å². The molecule has 0 fully saturated rings. The predicted octanol–water partition coefficient (Wildman–Crippen LogP) is 7.60. The number of aromatic nitrogens is 2. The van der Waals surface area contributed by atoms with Crippen molar-refractivity contribution in [3.05, 3.63) is 143 Å². The maximum atomic E-state index is 13.4. The highest BCUT2D eigenvalue weighted by molar-refractivity contribution is 5.97. The summed E-state index contributed by atoms with van der Waals surface area (Å²) in [4.78, 5) is 43.6. The third-order valence-electron chi connectivity index (χ3n) is 8.46. The summed E-state index contributed by atoms with van der Waals surface area (Å²) in [7, 11) is 1.59. The fourth-order valence-electron chi connectivity index (χ4n) is 5.60. The Balaban J connectivity index is 1.08. The Morgan fingerprint density at radius 2 is 1.41 bits per heavy atom. The summed E-state index contributed by atoms with van der Waals surface area (Å²) in [5.41, 5.74) is 8.27. The molecule has 0 aliphatic rings. The van der Waals surface area contributed by atoms with Crippen LogP contribution in [-0.2, 0) is 22.6 Å². The van der Waals surface area contributed by atoms with Gasteiger partial charge in [-0.1, -0.05) is 77.5 Å². The lowest BCUT2D eigenvalue weighted by molar-refractivity contribution is -0.137. The summed E-state index contributed by atoms with van der Waals surface area (Å²) in [6.45, 7) is 3.55. The first-order chi connectivity index (χ1) is 24.6. The molecular formula is C41H36N4O6. The molecule has 10 nitrogen and oxygen atoms in total. The van der Waals surface area contributed by atoms with E-state index in [9.17, 15) is 19.5 Å². The number of nitrogens with one attached hydrogen (secondary N) is 1. The van der Waals surface area contributed by atoms with Gasteiger partial charge in [-0.25, -0.2) is 0 Å². The summed E-state index contributed by atoms with van der Waals surface area (Å²) < 4.78 is 10.8. The third-order valence-corrected chi connectivity index (χ3v) is 8.46. The number of amides is 2. The van der Waals surface area contributed by atoms with Crippen molar-refractivity contribution in [2.24, 2.45) is 0 Å². The average Bonchev–Trinajstić information content (AvgIpc) is 3.63. The average molecular weight is 681 g/mol. The number of methoxy groups -OCH3 is 1. The van der Waals surface area contributed by atoms with Crippen molar-refractivity contribution in [1.82, 2.24) is 15.0 Å². The molecule has 51 heavy (non-hydrogen) atoms. The van der Waals surface area contributed by atoms with Gasteiger partial charge in [0.05, 0.1) is 13.5 Å². The molecule has 0 saturated carbocycles. The van der Waals surface area contributed by atoms with Crippen molar-refractivity contribution < 1.29 is 28.8 Å². The Bertz CT molecular complexity index is 2160. The van der Waals surface area contributed by atoms with Crippen LogP contribution in [-0.4, -0.2) is 51.6 Å². The highest BCUT2D eigenvalue weighted by Gasteiger charge is 2.20. The number of carboxylic acid groups (broad SMARTS) is 1. The van der Waals surface area contributed by atoms with Gasteiger partial charge in [-0.2, -0.15) is 4.98 Å². The molecule has 256 valence electrons. The van der Waals surface area contributed by atoms with Crippen molar-refractivity contribution in [2.45, 2.75) is 26.8 Å². The van der Waals surface area contributed by atoms with Gasteiger partial charge in [0.1, 0.15) is 12.3 Å². The molecule has 2 N–H and O–H groups in total. The lowest BCUT2D eigenvalue weighted by atomic mass is 10.0. The normalized spacial score (nSPS) is 10.8. The van der Waals surface area contributed by atoms with Crippen LogP contribution in [0.3, 0.4) is 0 Å². The van der Waals surface area contributed by atoms with Crippen LogP contribution in [0.2, 0.25) is 0 Å². The van der Waals surface area contributed by atoms with Crippen LogP contribution in [0.1, 0.15) is 32.6 Å². The number of nitrogens with zero attached hydrogens (tertiary/aromatic N) is 3. The smallest absolute Gasteiger partial charge is 0.323 e. The SMILES string of the molecule is COc1ccc(CC(=O)Nc2ccc(C(=O)N(CC(=O)O)Cc3ccc(-c4noc(-c5ccc(-c6ccc(C)cc6)cc5)n4)cc3)cc2)c(C)c1. The van der Waals surface area contributed by atoms with E-state index >= 15 is 0 Å². The van der Waals surface area contributed by atoms with Gasteiger partial charge >= 0.3 is 5.97 Å². The molecule has 10 heteroatoms. The lowest BCUT2D eigenvalue weighted by Gasteiger charge is -2.21. The molecular weight excluding hydrogens is 644 g/mol. The largest absolute Gasteiger partial charge is 0.497 e. The van der Waals surface area contributed by atoms with E-state index < -0.39 is 18.4 Å². The maximum absolute atomic E-state index is 13.4. The summed E-state index contributed by atoms with van der Waals surface area (Å²) in [5, 5.41) is 16.6. The molecule has 0 aliphatic carbocycles. The number of anilines is 1. The second-order valence-corrected chi connectivity index (χ2v) is 12.2. The van der Waals surface area contributed by atoms with Crippen LogP contribution < -0.4 is 10.1 Å². The predicted molar refractivity (Wildman–Crippen MR) is 194 cm³/mol. The number of hydrogen-bond acceptors (Lipinski definition) is 7. The Hall–Kier alpha value is -6.55. The molecule has 0 spiro atoms. The van der Waals surface area contributed by atoms with Crippen molar-refractivity contribution >= 4 is 23.5 Å². The van der Waals surface area contributed by atoms with E-state index in [1.54, 1.807) is 55.6 Å². The summed E-state index contributed by atoms with van der Waals surface area (Å²) in [5.74, 6) is -0.276. The van der Waals surface area contributed by atoms with Crippen LogP contribution in [0.25, 0.3) is 34.0 Å². The Morgan fingerprint density at radius 3 is 2.04 bits per heavy atom. The summed E-state index contributed by atoms with van der Waals surface area (Å²) in [6, 6.07) is 35.4. The molecule has 1 aromatic heterocycles. The van der Waals surface area contributed by atoms with E-state index in [0.29, 0.717) is 28.5 Å². The van der Waals surface area contributed by atoms with E-state index in [0.717, 1.165) is 39.1 Å². The molecule has 0 unspecified atom stereocenters. The molecule has 2 amide bonds. The van der Waals surface area contributed by atoms with Crippen molar-refractivity contribution in [2.75, 3.05) is 19.0 Å². The number of carbonyl (C=O) groups is 3. The first-order valence-electron chi connectivity index (χ1n) is 16.3. The van der Waals surface area contributed by atoms with E-state index in [-0.39, 0.29) is 18.9 Å². The number of aryl methyl sites for hydroxylation is 2. The molecule has 6 aromatic rings. The summed E-state index contributed by atoms with van der Waals surface area (Å²) in [6.07, 6.45) is 0.179. The number of benzene rings is 5. The van der Waals surface area contributed by atoms with Crippen molar-refractivity contribution in [1.29, 1.82) is 0 Å².